The van der Waals surface area contributed by atoms with Crippen molar-refractivity contribution >= 4 is 5.82 Å². The molecule has 2 fully saturated rings. The Bertz CT molecular complexity index is 312. The number of piperazine rings is 1. The van der Waals surface area contributed by atoms with E-state index in [1.165, 1.54) is 26.1 Å². The number of aromatic nitrogens is 1. The third-order valence-corrected chi connectivity index (χ3v) is 3.29. The molecule has 0 spiro atoms. The van der Waals surface area contributed by atoms with Crippen molar-refractivity contribution in [3.8, 4) is 0 Å². The quantitative estimate of drug-likeness (QED) is 0.656. The highest BCUT2D eigenvalue weighted by molar-refractivity contribution is 5.40. The summed E-state index contributed by atoms with van der Waals surface area (Å²) in [5.74, 6) is 1.15. The van der Waals surface area contributed by atoms with Crippen molar-refractivity contribution in [3.05, 3.63) is 24.4 Å². The summed E-state index contributed by atoms with van der Waals surface area (Å²) in [5, 5.41) is 0. The number of pyridine rings is 1. The Morgan fingerprint density at radius 3 is 3.07 bits per heavy atom. The number of hydrogen-bond acceptors (Lipinski definition) is 3. The maximum Gasteiger partial charge on any atom is 0.128 e. The van der Waals surface area contributed by atoms with Gasteiger partial charge in [0.25, 0.3) is 0 Å². The molecule has 2 atom stereocenters. The summed E-state index contributed by atoms with van der Waals surface area (Å²) in [6, 6.07) is 6.88. The average molecular weight is 189 g/mol. The van der Waals surface area contributed by atoms with Crippen LogP contribution in [0.5, 0.6) is 0 Å². The van der Waals surface area contributed by atoms with Crippen LogP contribution >= 0.6 is 0 Å². The van der Waals surface area contributed by atoms with Crippen molar-refractivity contribution in [1.29, 1.82) is 0 Å². The summed E-state index contributed by atoms with van der Waals surface area (Å²) in [5.41, 5.74) is 0. The minimum absolute atomic E-state index is 0.707. The van der Waals surface area contributed by atoms with E-state index in [4.69, 9.17) is 0 Å². The summed E-state index contributed by atoms with van der Waals surface area (Å²) >= 11 is 0. The summed E-state index contributed by atoms with van der Waals surface area (Å²) in [6.45, 7) is 4.85. The van der Waals surface area contributed by atoms with E-state index in [1.54, 1.807) is 0 Å². The van der Waals surface area contributed by atoms with E-state index in [-0.39, 0.29) is 0 Å². The van der Waals surface area contributed by atoms with E-state index in [0.29, 0.717) is 6.04 Å². The lowest BCUT2D eigenvalue weighted by molar-refractivity contribution is 0.310. The molecule has 2 aliphatic rings. The predicted octanol–water partition coefficient (Wildman–Crippen LogP) is 0.976. The van der Waals surface area contributed by atoms with Gasteiger partial charge in [0, 0.05) is 38.4 Å². The van der Waals surface area contributed by atoms with E-state index in [1.807, 2.05) is 12.3 Å². The SMILES string of the molecule is c1ccc(N2CCN3CCC2C3)nc1. The molecule has 0 radical (unpaired) electrons. The van der Waals surface area contributed by atoms with Crippen LogP contribution in [0, 0.1) is 0 Å². The maximum atomic E-state index is 4.43. The van der Waals surface area contributed by atoms with Crippen molar-refractivity contribution in [1.82, 2.24) is 9.88 Å². The monoisotopic (exact) mass is 189 g/mol. The van der Waals surface area contributed by atoms with Crippen LogP contribution in [0.3, 0.4) is 0 Å². The fourth-order valence-corrected chi connectivity index (χ4v) is 2.53. The first-order chi connectivity index (χ1) is 6.93. The van der Waals surface area contributed by atoms with Crippen LogP contribution in [0.25, 0.3) is 0 Å². The van der Waals surface area contributed by atoms with Crippen molar-refractivity contribution < 1.29 is 0 Å². The van der Waals surface area contributed by atoms with Gasteiger partial charge < -0.3 is 4.90 Å². The highest BCUT2D eigenvalue weighted by Gasteiger charge is 2.32. The molecule has 74 valence electrons. The zero-order chi connectivity index (χ0) is 9.38. The lowest BCUT2D eigenvalue weighted by atomic mass is 10.2. The van der Waals surface area contributed by atoms with Gasteiger partial charge in [-0.25, -0.2) is 4.98 Å². The van der Waals surface area contributed by atoms with Crippen molar-refractivity contribution in [2.24, 2.45) is 0 Å². The Hall–Kier alpha value is -1.09. The minimum atomic E-state index is 0.707. The molecule has 0 N–H and O–H groups in total. The fourth-order valence-electron chi connectivity index (χ4n) is 2.53. The van der Waals surface area contributed by atoms with Gasteiger partial charge in [-0.1, -0.05) is 6.07 Å². The van der Waals surface area contributed by atoms with E-state index < -0.39 is 0 Å². The van der Waals surface area contributed by atoms with Gasteiger partial charge in [-0.05, 0) is 18.6 Å². The first kappa shape index (κ1) is 8.24. The van der Waals surface area contributed by atoms with Gasteiger partial charge in [0.1, 0.15) is 5.82 Å². The Labute approximate surface area is 84.3 Å². The Morgan fingerprint density at radius 2 is 2.21 bits per heavy atom. The van der Waals surface area contributed by atoms with Gasteiger partial charge in [-0.3, -0.25) is 4.90 Å². The molecule has 2 aliphatic heterocycles. The normalized spacial score (nSPS) is 30.7. The molecule has 3 heterocycles. The molecule has 0 saturated carbocycles. The zero-order valence-corrected chi connectivity index (χ0v) is 8.26. The zero-order valence-electron chi connectivity index (χ0n) is 8.26. The Balaban J connectivity index is 1.85. The van der Waals surface area contributed by atoms with E-state index >= 15 is 0 Å². The maximum absolute atomic E-state index is 4.43. The lowest BCUT2D eigenvalue weighted by Crippen LogP contribution is -2.47. The lowest BCUT2D eigenvalue weighted by Gasteiger charge is -2.35. The molecule has 3 nitrogen and oxygen atoms in total. The summed E-state index contributed by atoms with van der Waals surface area (Å²) in [7, 11) is 0. The molecule has 2 unspecified atom stereocenters. The van der Waals surface area contributed by atoms with Crippen molar-refractivity contribution in [2.75, 3.05) is 31.1 Å². The van der Waals surface area contributed by atoms with Crippen molar-refractivity contribution in [2.45, 2.75) is 12.5 Å². The first-order valence-electron chi connectivity index (χ1n) is 5.33. The average Bonchev–Trinajstić information content (AvgIpc) is 2.62. The highest BCUT2D eigenvalue weighted by Crippen LogP contribution is 2.24. The van der Waals surface area contributed by atoms with E-state index in [9.17, 15) is 0 Å². The summed E-state index contributed by atoms with van der Waals surface area (Å²) in [4.78, 5) is 9.43. The molecule has 0 aliphatic carbocycles. The third-order valence-electron chi connectivity index (χ3n) is 3.29. The molecule has 14 heavy (non-hydrogen) atoms. The van der Waals surface area contributed by atoms with Crippen LogP contribution in [0.4, 0.5) is 5.82 Å². The number of fused-ring (bicyclic) bond motifs is 2. The van der Waals surface area contributed by atoms with Gasteiger partial charge in [0.15, 0.2) is 0 Å². The second-order valence-electron chi connectivity index (χ2n) is 4.12. The van der Waals surface area contributed by atoms with Crippen LogP contribution in [0.15, 0.2) is 24.4 Å². The predicted molar refractivity (Wildman–Crippen MR) is 56.4 cm³/mol. The van der Waals surface area contributed by atoms with Gasteiger partial charge in [0.2, 0.25) is 0 Å². The second kappa shape index (κ2) is 3.24. The molecule has 1 aromatic heterocycles. The first-order valence-corrected chi connectivity index (χ1v) is 5.33. The molecule has 2 bridgehead atoms. The van der Waals surface area contributed by atoms with Gasteiger partial charge in [-0.2, -0.15) is 0 Å². The number of rotatable bonds is 1. The smallest absolute Gasteiger partial charge is 0.128 e. The molecule has 0 amide bonds. The standard InChI is InChI=1S/C11H15N3/c1-2-5-12-11(3-1)14-8-7-13-6-4-10(14)9-13/h1-3,5,10H,4,6-9H2. The van der Waals surface area contributed by atoms with Crippen molar-refractivity contribution in [3.63, 3.8) is 0 Å². The summed E-state index contributed by atoms with van der Waals surface area (Å²) < 4.78 is 0. The molecule has 2 saturated heterocycles. The van der Waals surface area contributed by atoms with E-state index in [0.717, 1.165) is 12.4 Å². The van der Waals surface area contributed by atoms with Crippen LogP contribution < -0.4 is 4.90 Å². The Kier molecular flexibility index (Phi) is 1.91. The molecular weight excluding hydrogens is 174 g/mol. The van der Waals surface area contributed by atoms with Crippen LogP contribution in [0.1, 0.15) is 6.42 Å². The Morgan fingerprint density at radius 1 is 1.21 bits per heavy atom. The van der Waals surface area contributed by atoms with Gasteiger partial charge in [-0.15, -0.1) is 0 Å². The number of nitrogens with zero attached hydrogens (tertiary/aromatic N) is 3. The largest absolute Gasteiger partial charge is 0.351 e. The van der Waals surface area contributed by atoms with Crippen LogP contribution in [-0.2, 0) is 0 Å². The highest BCUT2D eigenvalue weighted by atomic mass is 15.3. The van der Waals surface area contributed by atoms with E-state index in [2.05, 4.69) is 26.9 Å². The molecular formula is C11H15N3. The number of hydrogen-bond donors (Lipinski definition) is 0. The van der Waals surface area contributed by atoms with Gasteiger partial charge >= 0.3 is 0 Å². The number of anilines is 1. The molecule has 3 rings (SSSR count). The topological polar surface area (TPSA) is 19.4 Å². The van der Waals surface area contributed by atoms with Crippen LogP contribution in [-0.4, -0.2) is 42.1 Å². The molecule has 0 aromatic carbocycles. The molecule has 3 heteroatoms. The van der Waals surface area contributed by atoms with Gasteiger partial charge in [0.05, 0.1) is 0 Å². The third kappa shape index (κ3) is 1.28. The molecule has 1 aromatic rings. The minimum Gasteiger partial charge on any atom is -0.351 e. The van der Waals surface area contributed by atoms with Crippen LogP contribution in [0.2, 0.25) is 0 Å². The summed E-state index contributed by atoms with van der Waals surface area (Å²) in [6.07, 6.45) is 3.19. The fraction of sp³-hybridized carbons (Fsp3) is 0.545. The second-order valence-corrected chi connectivity index (χ2v) is 4.12.